The minimum absolute atomic E-state index is 0.185. The van der Waals surface area contributed by atoms with Crippen LogP contribution in [0.2, 0.25) is 0 Å². The van der Waals surface area contributed by atoms with Crippen LogP contribution in [0.5, 0.6) is 5.75 Å². The molecule has 3 nitrogen and oxygen atoms in total. The van der Waals surface area contributed by atoms with Crippen molar-refractivity contribution in [3.8, 4) is 5.75 Å². The summed E-state index contributed by atoms with van der Waals surface area (Å²) in [5.74, 6) is -0.185. The van der Waals surface area contributed by atoms with Crippen LogP contribution in [0, 0.1) is 13.8 Å². The molecular weight excluding hydrogens is 142 g/mol. The van der Waals surface area contributed by atoms with Gasteiger partial charge in [0.15, 0.2) is 5.75 Å². The summed E-state index contributed by atoms with van der Waals surface area (Å²) in [6.07, 6.45) is 1.42. The van der Waals surface area contributed by atoms with Gasteiger partial charge in [0.25, 0.3) is 0 Å². The van der Waals surface area contributed by atoms with Gasteiger partial charge in [-0.25, -0.2) is 0 Å². The molecule has 1 aromatic rings. The van der Waals surface area contributed by atoms with Crippen molar-refractivity contribution in [1.29, 1.82) is 0 Å². The zero-order chi connectivity index (χ0) is 8.59. The molecule has 11 heavy (non-hydrogen) atoms. The molecule has 0 amide bonds. The summed E-state index contributed by atoms with van der Waals surface area (Å²) in [5, 5.41) is 9.07. The fourth-order valence-corrected chi connectivity index (χ4v) is 0.960. The standard InChI is InChI=1S/C8H11NO2/c1-5-6(2)9(3)4-7(10)8(5)11/h4,10H,1-3H3. The van der Waals surface area contributed by atoms with E-state index in [-0.39, 0.29) is 11.2 Å². The van der Waals surface area contributed by atoms with Crippen molar-refractivity contribution >= 4 is 0 Å². The van der Waals surface area contributed by atoms with Crippen LogP contribution < -0.4 is 5.43 Å². The number of hydrogen-bond acceptors (Lipinski definition) is 2. The molecule has 60 valence electrons. The SMILES string of the molecule is Cc1c(C)n(C)cc(O)c1=O. The maximum atomic E-state index is 11.1. The molecule has 0 aliphatic carbocycles. The van der Waals surface area contributed by atoms with Crippen molar-refractivity contribution in [2.24, 2.45) is 7.05 Å². The fraction of sp³-hybridized carbons (Fsp3) is 0.375. The Hall–Kier alpha value is -1.25. The summed E-state index contributed by atoms with van der Waals surface area (Å²) in [7, 11) is 1.79. The topological polar surface area (TPSA) is 42.2 Å². The molecule has 0 saturated carbocycles. The molecule has 0 fully saturated rings. The molecule has 0 bridgehead atoms. The molecule has 1 rings (SSSR count). The van der Waals surface area contributed by atoms with E-state index in [4.69, 9.17) is 5.11 Å². The highest BCUT2D eigenvalue weighted by molar-refractivity contribution is 5.27. The first-order valence-electron chi connectivity index (χ1n) is 3.40. The number of aryl methyl sites for hydroxylation is 1. The van der Waals surface area contributed by atoms with Gasteiger partial charge in [-0.3, -0.25) is 4.79 Å². The number of aromatic hydroxyl groups is 1. The second kappa shape index (κ2) is 2.42. The molecule has 3 heteroatoms. The lowest BCUT2D eigenvalue weighted by Gasteiger charge is -2.06. The maximum Gasteiger partial charge on any atom is 0.226 e. The third kappa shape index (κ3) is 1.13. The summed E-state index contributed by atoms with van der Waals surface area (Å²) < 4.78 is 1.73. The van der Waals surface area contributed by atoms with E-state index in [0.29, 0.717) is 5.56 Å². The third-order valence-corrected chi connectivity index (χ3v) is 1.96. The molecule has 0 aliphatic rings. The van der Waals surface area contributed by atoms with E-state index in [1.807, 2.05) is 6.92 Å². The van der Waals surface area contributed by atoms with Crippen molar-refractivity contribution in [2.45, 2.75) is 13.8 Å². The van der Waals surface area contributed by atoms with E-state index >= 15 is 0 Å². The van der Waals surface area contributed by atoms with Crippen LogP contribution in [0.3, 0.4) is 0 Å². The first-order chi connectivity index (χ1) is 5.04. The monoisotopic (exact) mass is 153 g/mol. The highest BCUT2D eigenvalue weighted by Crippen LogP contribution is 2.06. The van der Waals surface area contributed by atoms with Crippen molar-refractivity contribution in [3.63, 3.8) is 0 Å². The number of rotatable bonds is 0. The van der Waals surface area contributed by atoms with Gasteiger partial charge in [0.1, 0.15) is 0 Å². The summed E-state index contributed by atoms with van der Waals surface area (Å²) in [6.45, 7) is 3.55. The average molecular weight is 153 g/mol. The molecule has 0 aromatic carbocycles. The summed E-state index contributed by atoms with van der Waals surface area (Å²) in [4.78, 5) is 11.1. The Bertz CT molecular complexity index is 339. The van der Waals surface area contributed by atoms with Gasteiger partial charge >= 0.3 is 0 Å². The van der Waals surface area contributed by atoms with Crippen LogP contribution in [-0.2, 0) is 7.05 Å². The summed E-state index contributed by atoms with van der Waals surface area (Å²) in [6, 6.07) is 0. The number of hydrogen-bond donors (Lipinski definition) is 1. The predicted molar refractivity (Wildman–Crippen MR) is 42.8 cm³/mol. The molecule has 1 N–H and O–H groups in total. The minimum atomic E-state index is -0.277. The van der Waals surface area contributed by atoms with Gasteiger partial charge in [0.05, 0.1) is 0 Å². The van der Waals surface area contributed by atoms with E-state index < -0.39 is 0 Å². The van der Waals surface area contributed by atoms with Gasteiger partial charge in [0, 0.05) is 24.5 Å². The normalized spacial score (nSPS) is 10.1. The Morgan fingerprint density at radius 2 is 2.00 bits per heavy atom. The van der Waals surface area contributed by atoms with Crippen molar-refractivity contribution in [2.75, 3.05) is 0 Å². The molecule has 0 saturated heterocycles. The second-order valence-electron chi connectivity index (χ2n) is 2.66. The van der Waals surface area contributed by atoms with Crippen molar-refractivity contribution in [1.82, 2.24) is 4.57 Å². The number of aromatic nitrogens is 1. The molecule has 0 atom stereocenters. The van der Waals surface area contributed by atoms with Gasteiger partial charge in [-0.05, 0) is 13.8 Å². The van der Waals surface area contributed by atoms with Crippen LogP contribution in [0.1, 0.15) is 11.3 Å². The molecule has 1 aromatic heterocycles. The highest BCUT2D eigenvalue weighted by atomic mass is 16.3. The first kappa shape index (κ1) is 7.85. The summed E-state index contributed by atoms with van der Waals surface area (Å²) >= 11 is 0. The fourth-order valence-electron chi connectivity index (χ4n) is 0.960. The predicted octanol–water partition coefficient (Wildman–Crippen LogP) is 0.708. The van der Waals surface area contributed by atoms with E-state index in [1.54, 1.807) is 18.5 Å². The number of pyridine rings is 1. The van der Waals surface area contributed by atoms with Gasteiger partial charge in [-0.2, -0.15) is 0 Å². The minimum Gasteiger partial charge on any atom is -0.503 e. The van der Waals surface area contributed by atoms with E-state index in [0.717, 1.165) is 5.69 Å². The van der Waals surface area contributed by atoms with Crippen LogP contribution in [0.25, 0.3) is 0 Å². The lowest BCUT2D eigenvalue weighted by atomic mass is 10.2. The van der Waals surface area contributed by atoms with Crippen LogP contribution in [-0.4, -0.2) is 9.67 Å². The van der Waals surface area contributed by atoms with Crippen LogP contribution in [0.4, 0.5) is 0 Å². The Balaban J connectivity index is 3.59. The van der Waals surface area contributed by atoms with E-state index in [9.17, 15) is 4.79 Å². The first-order valence-corrected chi connectivity index (χ1v) is 3.40. The van der Waals surface area contributed by atoms with Crippen LogP contribution >= 0.6 is 0 Å². The quantitative estimate of drug-likeness (QED) is 0.596. The molecule has 0 radical (unpaired) electrons. The lowest BCUT2D eigenvalue weighted by molar-refractivity contribution is 0.462. The maximum absolute atomic E-state index is 11.1. The molecule has 0 spiro atoms. The zero-order valence-corrected chi connectivity index (χ0v) is 6.88. The van der Waals surface area contributed by atoms with E-state index in [2.05, 4.69) is 0 Å². The smallest absolute Gasteiger partial charge is 0.226 e. The molecule has 0 unspecified atom stereocenters. The largest absolute Gasteiger partial charge is 0.503 e. The van der Waals surface area contributed by atoms with Gasteiger partial charge in [0.2, 0.25) is 5.43 Å². The third-order valence-electron chi connectivity index (χ3n) is 1.96. The highest BCUT2D eigenvalue weighted by Gasteiger charge is 2.04. The van der Waals surface area contributed by atoms with Crippen molar-refractivity contribution < 1.29 is 5.11 Å². The Labute approximate surface area is 64.9 Å². The Morgan fingerprint density at radius 3 is 2.55 bits per heavy atom. The number of nitrogens with zero attached hydrogens (tertiary/aromatic N) is 1. The van der Waals surface area contributed by atoms with E-state index in [1.165, 1.54) is 6.20 Å². The Kier molecular flexibility index (Phi) is 1.72. The molecule has 0 aliphatic heterocycles. The van der Waals surface area contributed by atoms with Crippen LogP contribution in [0.15, 0.2) is 11.0 Å². The molecular formula is C8H11NO2. The van der Waals surface area contributed by atoms with Crippen molar-refractivity contribution in [3.05, 3.63) is 27.7 Å². The summed E-state index contributed by atoms with van der Waals surface area (Å²) in [5.41, 5.74) is 1.21. The lowest BCUT2D eigenvalue weighted by Crippen LogP contribution is -2.12. The average Bonchev–Trinajstić information content (AvgIpc) is 1.97. The Morgan fingerprint density at radius 1 is 1.45 bits per heavy atom. The van der Waals surface area contributed by atoms with Gasteiger partial charge < -0.3 is 9.67 Å². The second-order valence-corrected chi connectivity index (χ2v) is 2.66. The van der Waals surface area contributed by atoms with Gasteiger partial charge in [-0.1, -0.05) is 0 Å². The molecule has 1 heterocycles. The zero-order valence-electron chi connectivity index (χ0n) is 6.88. The van der Waals surface area contributed by atoms with Gasteiger partial charge in [-0.15, -0.1) is 0 Å².